The number of nitrogens with one attached hydrogen (secondary N) is 1. The minimum Gasteiger partial charge on any atom is -0.464 e. The van der Waals surface area contributed by atoms with Crippen molar-refractivity contribution in [2.45, 2.75) is 25.8 Å². The largest absolute Gasteiger partial charge is 0.464 e. The molecule has 0 heterocycles. The first-order valence-electron chi connectivity index (χ1n) is 5.03. The molecule has 88 valence electrons. The molecular weight excluding hydrogens is 198 g/mol. The summed E-state index contributed by atoms with van der Waals surface area (Å²) < 4.78 is 4.61. The van der Waals surface area contributed by atoms with Crippen molar-refractivity contribution < 1.29 is 14.3 Å². The Balaban J connectivity index is 3.73. The van der Waals surface area contributed by atoms with Crippen LogP contribution in [0.3, 0.4) is 0 Å². The summed E-state index contributed by atoms with van der Waals surface area (Å²) in [5.41, 5.74) is 10.6. The SMILES string of the molecule is CCOC(=O)C(N)C(=O)NCCCCN. The second kappa shape index (κ2) is 8.19. The van der Waals surface area contributed by atoms with E-state index in [4.69, 9.17) is 11.5 Å². The monoisotopic (exact) mass is 217 g/mol. The van der Waals surface area contributed by atoms with E-state index in [2.05, 4.69) is 10.1 Å². The number of unbranched alkanes of at least 4 members (excludes halogenated alkanes) is 1. The summed E-state index contributed by atoms with van der Waals surface area (Å²) in [6.07, 6.45) is 1.60. The summed E-state index contributed by atoms with van der Waals surface area (Å²) in [6, 6.07) is -1.23. The van der Waals surface area contributed by atoms with Crippen molar-refractivity contribution in [2.24, 2.45) is 11.5 Å². The molecule has 0 aromatic rings. The number of nitrogens with two attached hydrogens (primary N) is 2. The van der Waals surface area contributed by atoms with Crippen LogP contribution < -0.4 is 16.8 Å². The van der Waals surface area contributed by atoms with Crippen molar-refractivity contribution >= 4 is 11.9 Å². The number of carbonyl (C=O) groups excluding carboxylic acids is 2. The van der Waals surface area contributed by atoms with Gasteiger partial charge in [-0.1, -0.05) is 0 Å². The van der Waals surface area contributed by atoms with Crippen LogP contribution in [0.15, 0.2) is 0 Å². The summed E-state index contributed by atoms with van der Waals surface area (Å²) in [5, 5.41) is 2.54. The highest BCUT2D eigenvalue weighted by molar-refractivity contribution is 6.01. The van der Waals surface area contributed by atoms with E-state index in [1.807, 2.05) is 0 Å². The summed E-state index contributed by atoms with van der Waals surface area (Å²) in [5.74, 6) is -1.21. The van der Waals surface area contributed by atoms with Crippen LogP contribution in [0.1, 0.15) is 19.8 Å². The zero-order chi connectivity index (χ0) is 11.7. The van der Waals surface area contributed by atoms with Gasteiger partial charge in [-0.05, 0) is 26.3 Å². The minimum absolute atomic E-state index is 0.215. The van der Waals surface area contributed by atoms with Gasteiger partial charge in [0.2, 0.25) is 5.91 Å². The lowest BCUT2D eigenvalue weighted by atomic mass is 10.2. The molecule has 6 nitrogen and oxygen atoms in total. The van der Waals surface area contributed by atoms with Crippen molar-refractivity contribution in [3.63, 3.8) is 0 Å². The molecule has 0 radical (unpaired) electrons. The van der Waals surface area contributed by atoms with E-state index in [0.29, 0.717) is 13.1 Å². The van der Waals surface area contributed by atoms with Gasteiger partial charge in [0.25, 0.3) is 0 Å². The number of amides is 1. The van der Waals surface area contributed by atoms with Crippen molar-refractivity contribution in [3.8, 4) is 0 Å². The van der Waals surface area contributed by atoms with Crippen LogP contribution in [0.4, 0.5) is 0 Å². The molecule has 0 saturated heterocycles. The summed E-state index contributed by atoms with van der Waals surface area (Å²) in [4.78, 5) is 22.3. The van der Waals surface area contributed by atoms with Gasteiger partial charge >= 0.3 is 5.97 Å². The fourth-order valence-corrected chi connectivity index (χ4v) is 0.930. The minimum atomic E-state index is -1.23. The maximum atomic E-state index is 11.3. The van der Waals surface area contributed by atoms with E-state index in [-0.39, 0.29) is 6.61 Å². The van der Waals surface area contributed by atoms with E-state index in [1.54, 1.807) is 6.92 Å². The van der Waals surface area contributed by atoms with E-state index in [0.717, 1.165) is 12.8 Å². The zero-order valence-electron chi connectivity index (χ0n) is 8.99. The van der Waals surface area contributed by atoms with E-state index in [9.17, 15) is 9.59 Å². The number of rotatable bonds is 7. The first-order valence-corrected chi connectivity index (χ1v) is 5.03. The van der Waals surface area contributed by atoms with E-state index in [1.165, 1.54) is 0 Å². The molecule has 0 rings (SSSR count). The first-order chi connectivity index (χ1) is 7.13. The van der Waals surface area contributed by atoms with E-state index >= 15 is 0 Å². The fraction of sp³-hybridized carbons (Fsp3) is 0.778. The molecule has 1 unspecified atom stereocenters. The van der Waals surface area contributed by atoms with Crippen LogP contribution in [0, 0.1) is 0 Å². The molecule has 6 heteroatoms. The molecule has 1 amide bonds. The highest BCUT2D eigenvalue weighted by Gasteiger charge is 2.22. The third-order valence-electron chi connectivity index (χ3n) is 1.75. The molecule has 0 saturated carbocycles. The molecule has 0 spiro atoms. The average molecular weight is 217 g/mol. The van der Waals surface area contributed by atoms with Gasteiger partial charge in [-0.15, -0.1) is 0 Å². The highest BCUT2D eigenvalue weighted by atomic mass is 16.5. The fourth-order valence-electron chi connectivity index (χ4n) is 0.930. The lowest BCUT2D eigenvalue weighted by Crippen LogP contribution is -2.47. The Kier molecular flexibility index (Phi) is 7.57. The van der Waals surface area contributed by atoms with Gasteiger partial charge in [0.1, 0.15) is 0 Å². The third kappa shape index (κ3) is 6.03. The van der Waals surface area contributed by atoms with Crippen LogP contribution in [0.25, 0.3) is 0 Å². The van der Waals surface area contributed by atoms with Crippen LogP contribution in [-0.2, 0) is 14.3 Å². The predicted octanol–water partition coefficient (Wildman–Crippen LogP) is -1.27. The molecule has 0 aromatic carbocycles. The molecule has 0 bridgehead atoms. The second-order valence-electron chi connectivity index (χ2n) is 3.02. The zero-order valence-corrected chi connectivity index (χ0v) is 8.99. The number of carbonyl (C=O) groups is 2. The lowest BCUT2D eigenvalue weighted by molar-refractivity contribution is -0.147. The van der Waals surface area contributed by atoms with Crippen LogP contribution >= 0.6 is 0 Å². The molecule has 0 aliphatic rings. The van der Waals surface area contributed by atoms with Crippen molar-refractivity contribution in [3.05, 3.63) is 0 Å². The Labute approximate surface area is 89.3 Å². The quantitative estimate of drug-likeness (QED) is 0.280. The Morgan fingerprint density at radius 1 is 1.40 bits per heavy atom. The molecule has 0 fully saturated rings. The van der Waals surface area contributed by atoms with Gasteiger partial charge in [-0.2, -0.15) is 0 Å². The first kappa shape index (κ1) is 13.9. The molecule has 0 aliphatic heterocycles. The highest BCUT2D eigenvalue weighted by Crippen LogP contribution is 1.88. The molecule has 0 aromatic heterocycles. The van der Waals surface area contributed by atoms with Gasteiger partial charge < -0.3 is 21.5 Å². The second-order valence-corrected chi connectivity index (χ2v) is 3.02. The number of ether oxygens (including phenoxy) is 1. The van der Waals surface area contributed by atoms with Gasteiger partial charge in [-0.3, -0.25) is 4.79 Å². The van der Waals surface area contributed by atoms with Crippen LogP contribution in [-0.4, -0.2) is 37.6 Å². The third-order valence-corrected chi connectivity index (χ3v) is 1.75. The van der Waals surface area contributed by atoms with Gasteiger partial charge in [0.05, 0.1) is 6.61 Å². The average Bonchev–Trinajstić information content (AvgIpc) is 2.23. The smallest absolute Gasteiger partial charge is 0.332 e. The summed E-state index contributed by atoms with van der Waals surface area (Å²) in [6.45, 7) is 2.93. The van der Waals surface area contributed by atoms with Gasteiger partial charge in [0, 0.05) is 6.54 Å². The van der Waals surface area contributed by atoms with Gasteiger partial charge in [0.15, 0.2) is 6.04 Å². The van der Waals surface area contributed by atoms with Crippen LogP contribution in [0.2, 0.25) is 0 Å². The van der Waals surface area contributed by atoms with Gasteiger partial charge in [-0.25, -0.2) is 4.79 Å². The topological polar surface area (TPSA) is 107 Å². The van der Waals surface area contributed by atoms with E-state index < -0.39 is 17.9 Å². The Morgan fingerprint density at radius 3 is 2.60 bits per heavy atom. The van der Waals surface area contributed by atoms with Crippen molar-refractivity contribution in [1.29, 1.82) is 0 Å². The van der Waals surface area contributed by atoms with Crippen LogP contribution in [0.5, 0.6) is 0 Å². The number of esters is 1. The molecular formula is C9H19N3O3. The maximum Gasteiger partial charge on any atom is 0.332 e. The normalized spacial score (nSPS) is 11.9. The Hall–Kier alpha value is -1.14. The molecule has 5 N–H and O–H groups in total. The standard InChI is InChI=1S/C9H19N3O3/c1-2-15-9(14)7(11)8(13)12-6-4-3-5-10/h7H,2-6,10-11H2,1H3,(H,12,13). The molecule has 0 aliphatic carbocycles. The number of hydrogen-bond acceptors (Lipinski definition) is 5. The number of hydrogen-bond donors (Lipinski definition) is 3. The Bertz CT molecular complexity index is 209. The van der Waals surface area contributed by atoms with Crippen molar-refractivity contribution in [1.82, 2.24) is 5.32 Å². The molecule has 1 atom stereocenters. The maximum absolute atomic E-state index is 11.3. The Morgan fingerprint density at radius 2 is 2.07 bits per heavy atom. The summed E-state index contributed by atoms with van der Waals surface area (Å²) in [7, 11) is 0. The predicted molar refractivity (Wildman–Crippen MR) is 55.9 cm³/mol. The lowest BCUT2D eigenvalue weighted by Gasteiger charge is -2.10. The van der Waals surface area contributed by atoms with Crippen molar-refractivity contribution in [2.75, 3.05) is 19.7 Å². The molecule has 15 heavy (non-hydrogen) atoms. The summed E-state index contributed by atoms with van der Waals surface area (Å²) >= 11 is 0.